The highest BCUT2D eigenvalue weighted by molar-refractivity contribution is 5.99. The summed E-state index contributed by atoms with van der Waals surface area (Å²) in [4.78, 5) is 11.3. The van der Waals surface area contributed by atoms with E-state index in [4.69, 9.17) is 0 Å². The summed E-state index contributed by atoms with van der Waals surface area (Å²) in [6, 6.07) is 18.4. The van der Waals surface area contributed by atoms with Gasteiger partial charge in [-0.3, -0.25) is 4.79 Å². The van der Waals surface area contributed by atoms with Gasteiger partial charge in [-0.05, 0) is 18.6 Å². The molecule has 2 heteroatoms. The molecule has 0 aliphatic carbocycles. The fraction of sp³-hybridized carbons (Fsp3) is 0.118. The summed E-state index contributed by atoms with van der Waals surface area (Å²) < 4.78 is 2.20. The van der Waals surface area contributed by atoms with Crippen LogP contribution in [0.1, 0.15) is 21.6 Å². The predicted octanol–water partition coefficient (Wildman–Crippen LogP) is 3.81. The number of benzene rings is 2. The lowest BCUT2D eigenvalue weighted by molar-refractivity contribution is 0.112. The fourth-order valence-corrected chi connectivity index (χ4v) is 2.58. The molecule has 2 nitrogen and oxygen atoms in total. The van der Waals surface area contributed by atoms with Gasteiger partial charge in [-0.25, -0.2) is 0 Å². The van der Waals surface area contributed by atoms with Crippen LogP contribution < -0.4 is 0 Å². The molecule has 0 bridgehead atoms. The van der Waals surface area contributed by atoms with Gasteiger partial charge in [-0.1, -0.05) is 48.5 Å². The molecular weight excluding hydrogens is 234 g/mol. The van der Waals surface area contributed by atoms with Crippen LogP contribution in [0.5, 0.6) is 0 Å². The molecule has 0 radical (unpaired) electrons. The van der Waals surface area contributed by atoms with Gasteiger partial charge in [0.05, 0.1) is 0 Å². The van der Waals surface area contributed by atoms with Crippen molar-refractivity contribution in [2.45, 2.75) is 13.5 Å². The van der Waals surface area contributed by atoms with Crippen LogP contribution in [0.15, 0.2) is 54.6 Å². The number of hydrogen-bond donors (Lipinski definition) is 0. The average Bonchev–Trinajstić information content (AvgIpc) is 2.73. The number of carbonyl (C=O) groups is 1. The first-order valence-corrected chi connectivity index (χ1v) is 6.38. The maximum atomic E-state index is 11.3. The Hall–Kier alpha value is -2.35. The SMILES string of the molecule is Cc1c(C=O)c2ccccc2n1Cc1ccccc1. The highest BCUT2D eigenvalue weighted by Crippen LogP contribution is 2.25. The maximum absolute atomic E-state index is 11.3. The van der Waals surface area contributed by atoms with E-state index in [2.05, 4.69) is 22.8 Å². The summed E-state index contributed by atoms with van der Waals surface area (Å²) in [5.41, 5.74) is 4.18. The molecule has 0 aliphatic rings. The van der Waals surface area contributed by atoms with E-state index in [-0.39, 0.29) is 0 Å². The number of fused-ring (bicyclic) bond motifs is 1. The smallest absolute Gasteiger partial charge is 0.152 e. The van der Waals surface area contributed by atoms with Gasteiger partial charge in [0.15, 0.2) is 6.29 Å². The van der Waals surface area contributed by atoms with Crippen molar-refractivity contribution in [1.82, 2.24) is 4.57 Å². The largest absolute Gasteiger partial charge is 0.340 e. The van der Waals surface area contributed by atoms with Crippen molar-refractivity contribution in [2.24, 2.45) is 0 Å². The number of hydrogen-bond acceptors (Lipinski definition) is 1. The van der Waals surface area contributed by atoms with Crippen molar-refractivity contribution in [1.29, 1.82) is 0 Å². The van der Waals surface area contributed by atoms with Crippen LogP contribution in [-0.2, 0) is 6.54 Å². The third-order valence-corrected chi connectivity index (χ3v) is 3.58. The highest BCUT2D eigenvalue weighted by atomic mass is 16.1. The molecule has 2 aromatic carbocycles. The molecule has 0 aliphatic heterocycles. The Labute approximate surface area is 112 Å². The van der Waals surface area contributed by atoms with Crippen LogP contribution in [0.3, 0.4) is 0 Å². The summed E-state index contributed by atoms with van der Waals surface area (Å²) in [5, 5.41) is 1.03. The molecule has 1 aromatic heterocycles. The van der Waals surface area contributed by atoms with E-state index in [0.717, 1.165) is 35.0 Å². The summed E-state index contributed by atoms with van der Waals surface area (Å²) in [5.74, 6) is 0. The number of rotatable bonds is 3. The Morgan fingerprint density at radius 2 is 1.68 bits per heavy atom. The summed E-state index contributed by atoms with van der Waals surface area (Å²) >= 11 is 0. The van der Waals surface area contributed by atoms with E-state index in [1.807, 2.05) is 43.3 Å². The average molecular weight is 249 g/mol. The minimum Gasteiger partial charge on any atom is -0.340 e. The van der Waals surface area contributed by atoms with Crippen LogP contribution in [-0.4, -0.2) is 10.9 Å². The molecule has 0 saturated heterocycles. The molecule has 0 atom stereocenters. The number of nitrogens with zero attached hydrogens (tertiary/aromatic N) is 1. The lowest BCUT2D eigenvalue weighted by atomic mass is 10.1. The summed E-state index contributed by atoms with van der Waals surface area (Å²) in [7, 11) is 0. The van der Waals surface area contributed by atoms with Crippen LogP contribution >= 0.6 is 0 Å². The van der Waals surface area contributed by atoms with E-state index >= 15 is 0 Å². The van der Waals surface area contributed by atoms with Gasteiger partial charge < -0.3 is 4.57 Å². The molecule has 3 rings (SSSR count). The monoisotopic (exact) mass is 249 g/mol. The van der Waals surface area contributed by atoms with E-state index in [1.54, 1.807) is 0 Å². The topological polar surface area (TPSA) is 22.0 Å². The quantitative estimate of drug-likeness (QED) is 0.647. The standard InChI is InChI=1S/C17H15NO/c1-13-16(12-19)15-9-5-6-10-17(15)18(13)11-14-7-3-2-4-8-14/h2-10,12H,11H2,1H3. The second-order valence-electron chi connectivity index (χ2n) is 4.71. The van der Waals surface area contributed by atoms with Gasteiger partial charge in [0.1, 0.15) is 0 Å². The molecule has 1 heterocycles. The van der Waals surface area contributed by atoms with E-state index < -0.39 is 0 Å². The minimum atomic E-state index is 0.793. The molecule has 0 saturated carbocycles. The zero-order chi connectivity index (χ0) is 13.2. The van der Waals surface area contributed by atoms with Crippen LogP contribution in [0.4, 0.5) is 0 Å². The van der Waals surface area contributed by atoms with Crippen LogP contribution in [0.25, 0.3) is 10.9 Å². The minimum absolute atomic E-state index is 0.793. The Morgan fingerprint density at radius 3 is 2.42 bits per heavy atom. The summed E-state index contributed by atoms with van der Waals surface area (Å²) in [6.07, 6.45) is 0.957. The first kappa shape index (κ1) is 11.7. The summed E-state index contributed by atoms with van der Waals surface area (Å²) in [6.45, 7) is 2.80. The Balaban J connectivity index is 2.18. The molecular formula is C17H15NO. The first-order chi connectivity index (χ1) is 9.31. The Bertz CT molecular complexity index is 726. The molecule has 0 spiro atoms. The van der Waals surface area contributed by atoms with E-state index in [0.29, 0.717) is 0 Å². The molecule has 0 N–H and O–H groups in total. The van der Waals surface area contributed by atoms with E-state index in [9.17, 15) is 4.79 Å². The van der Waals surface area contributed by atoms with E-state index in [1.165, 1.54) is 5.56 Å². The maximum Gasteiger partial charge on any atom is 0.152 e. The zero-order valence-corrected chi connectivity index (χ0v) is 10.8. The lowest BCUT2D eigenvalue weighted by Crippen LogP contribution is -2.02. The Morgan fingerprint density at radius 1 is 1.00 bits per heavy atom. The van der Waals surface area contributed by atoms with Crippen LogP contribution in [0.2, 0.25) is 0 Å². The molecule has 94 valence electrons. The third kappa shape index (κ3) is 1.95. The second-order valence-corrected chi connectivity index (χ2v) is 4.71. The predicted molar refractivity (Wildman–Crippen MR) is 77.6 cm³/mol. The van der Waals surface area contributed by atoms with Gasteiger partial charge in [0.25, 0.3) is 0 Å². The van der Waals surface area contributed by atoms with Crippen molar-refractivity contribution in [3.05, 3.63) is 71.4 Å². The van der Waals surface area contributed by atoms with Gasteiger partial charge in [-0.15, -0.1) is 0 Å². The van der Waals surface area contributed by atoms with Gasteiger partial charge in [0, 0.05) is 28.7 Å². The van der Waals surface area contributed by atoms with Gasteiger partial charge in [0.2, 0.25) is 0 Å². The molecule has 0 amide bonds. The lowest BCUT2D eigenvalue weighted by Gasteiger charge is -2.08. The fourth-order valence-electron chi connectivity index (χ4n) is 2.58. The number of aldehydes is 1. The zero-order valence-electron chi connectivity index (χ0n) is 10.8. The first-order valence-electron chi connectivity index (χ1n) is 6.38. The van der Waals surface area contributed by atoms with Crippen LogP contribution in [0, 0.1) is 6.92 Å². The molecule has 0 fully saturated rings. The molecule has 0 unspecified atom stereocenters. The number of aromatic nitrogens is 1. The number of carbonyl (C=O) groups excluding carboxylic acids is 1. The number of para-hydroxylation sites is 1. The molecule has 19 heavy (non-hydrogen) atoms. The molecule has 3 aromatic rings. The van der Waals surface area contributed by atoms with Gasteiger partial charge >= 0.3 is 0 Å². The van der Waals surface area contributed by atoms with Crippen molar-refractivity contribution in [3.63, 3.8) is 0 Å². The Kier molecular flexibility index (Phi) is 2.92. The van der Waals surface area contributed by atoms with Crippen molar-refractivity contribution < 1.29 is 4.79 Å². The van der Waals surface area contributed by atoms with Crippen molar-refractivity contribution >= 4 is 17.2 Å². The van der Waals surface area contributed by atoms with Crippen molar-refractivity contribution in [2.75, 3.05) is 0 Å². The highest BCUT2D eigenvalue weighted by Gasteiger charge is 2.12. The second kappa shape index (κ2) is 4.73. The van der Waals surface area contributed by atoms with Crippen molar-refractivity contribution in [3.8, 4) is 0 Å². The normalized spacial score (nSPS) is 10.8. The van der Waals surface area contributed by atoms with Gasteiger partial charge in [-0.2, -0.15) is 0 Å². The third-order valence-electron chi connectivity index (χ3n) is 3.58.